The van der Waals surface area contributed by atoms with Crippen LogP contribution in [0.2, 0.25) is 5.15 Å². The lowest BCUT2D eigenvalue weighted by atomic mass is 9.83. The molecule has 4 aromatic heterocycles. The number of hydrogen-bond donors (Lipinski definition) is 3. The van der Waals surface area contributed by atoms with Gasteiger partial charge in [0, 0.05) is 35.3 Å². The maximum Gasteiger partial charge on any atom is 0.261 e. The fourth-order valence-corrected chi connectivity index (χ4v) is 11.5. The van der Waals surface area contributed by atoms with Gasteiger partial charge in [-0.25, -0.2) is 19.9 Å². The van der Waals surface area contributed by atoms with Crippen molar-refractivity contribution in [3.05, 3.63) is 158 Å². The molecule has 3 aliphatic carbocycles. The Labute approximate surface area is 420 Å². The molecule has 6 atom stereocenters. The Morgan fingerprint density at radius 2 is 1.08 bits per heavy atom. The van der Waals surface area contributed by atoms with Crippen molar-refractivity contribution < 1.29 is 14.9 Å². The molecule has 0 amide bonds. The minimum absolute atomic E-state index is 0.0872. The third kappa shape index (κ3) is 11.1. The molecule has 71 heavy (non-hydrogen) atoms. The molecule has 0 spiro atoms. The number of nitrogens with one attached hydrogen (secondary N) is 1. The lowest BCUT2D eigenvalue weighted by molar-refractivity contribution is 0.0733. The normalized spacial score (nSPS) is 21.3. The summed E-state index contributed by atoms with van der Waals surface area (Å²) in [5, 5.41) is 30.1. The van der Waals surface area contributed by atoms with Crippen LogP contribution < -0.4 is 21.2 Å². The molecule has 3 saturated carbocycles. The summed E-state index contributed by atoms with van der Waals surface area (Å²) in [5.74, 6) is 1.53. The molecule has 0 bridgehead atoms. The molecule has 3 aliphatic rings. The third-order valence-corrected chi connectivity index (χ3v) is 15.5. The molecular weight excluding hydrogens is 910 g/mol. The van der Waals surface area contributed by atoms with E-state index in [2.05, 4.69) is 51.4 Å². The second-order valence-corrected chi connectivity index (χ2v) is 20.0. The van der Waals surface area contributed by atoms with Gasteiger partial charge in [0.15, 0.2) is 0 Å². The minimum atomic E-state index is -0.504. The van der Waals surface area contributed by atoms with Crippen LogP contribution in [0.3, 0.4) is 0 Å². The van der Waals surface area contributed by atoms with E-state index in [0.29, 0.717) is 45.7 Å². The zero-order valence-corrected chi connectivity index (χ0v) is 41.9. The molecule has 0 unspecified atom stereocenters. The molecule has 3 N–H and O–H groups in total. The Hall–Kier alpha value is -6.05. The van der Waals surface area contributed by atoms with Gasteiger partial charge in [0.2, 0.25) is 5.88 Å². The van der Waals surface area contributed by atoms with Crippen molar-refractivity contribution in [3.63, 3.8) is 0 Å². The maximum absolute atomic E-state index is 13.5. The first-order chi connectivity index (χ1) is 34.6. The minimum Gasteiger partial charge on any atom is -0.481 e. The summed E-state index contributed by atoms with van der Waals surface area (Å²) in [6.45, 7) is 2.31. The number of aromatic nitrogens is 6. The van der Waals surface area contributed by atoms with Gasteiger partial charge in [0.1, 0.15) is 5.15 Å². The second-order valence-electron chi connectivity index (χ2n) is 19.6. The van der Waals surface area contributed by atoms with Crippen molar-refractivity contribution in [3.8, 4) is 5.88 Å². The Balaban J connectivity index is 0.000000148. The van der Waals surface area contributed by atoms with Gasteiger partial charge in [-0.15, -0.1) is 0 Å². The number of halogens is 1. The van der Waals surface area contributed by atoms with Crippen molar-refractivity contribution in [2.75, 3.05) is 14.2 Å². The van der Waals surface area contributed by atoms with Crippen LogP contribution in [0.5, 0.6) is 5.88 Å². The summed E-state index contributed by atoms with van der Waals surface area (Å²) in [7, 11) is 3.69. The topological polar surface area (TPSA) is 157 Å². The number of methoxy groups -OCH3 is 1. The first kappa shape index (κ1) is 49.9. The summed E-state index contributed by atoms with van der Waals surface area (Å²) >= 11 is 5.93. The molecular formula is C58H66ClN7O5. The van der Waals surface area contributed by atoms with Gasteiger partial charge >= 0.3 is 0 Å². The summed E-state index contributed by atoms with van der Waals surface area (Å²) in [5.41, 5.74) is 5.39. The number of pyridine rings is 2. The monoisotopic (exact) mass is 975 g/mol. The molecule has 0 aliphatic heterocycles. The Kier molecular flexibility index (Phi) is 16.2. The van der Waals surface area contributed by atoms with Crippen LogP contribution in [0, 0.1) is 5.92 Å². The fourth-order valence-electron chi connectivity index (χ4n) is 11.4. The van der Waals surface area contributed by atoms with Gasteiger partial charge in [0.05, 0.1) is 65.9 Å². The zero-order valence-electron chi connectivity index (χ0n) is 41.1. The first-order valence-electron chi connectivity index (χ1n) is 25.6. The van der Waals surface area contributed by atoms with Crippen molar-refractivity contribution in [1.82, 2.24) is 34.4 Å². The molecule has 3 fully saturated rings. The van der Waals surface area contributed by atoms with E-state index in [9.17, 15) is 19.8 Å². The molecule has 8 aromatic rings. The van der Waals surface area contributed by atoms with Gasteiger partial charge in [0.25, 0.3) is 11.1 Å². The van der Waals surface area contributed by atoms with Gasteiger partial charge < -0.3 is 20.3 Å². The Morgan fingerprint density at radius 3 is 1.52 bits per heavy atom. The number of ether oxygens (including phenoxy) is 1. The van der Waals surface area contributed by atoms with Gasteiger partial charge in [-0.1, -0.05) is 124 Å². The van der Waals surface area contributed by atoms with E-state index in [0.717, 1.165) is 107 Å². The van der Waals surface area contributed by atoms with Crippen LogP contribution >= 0.6 is 11.6 Å². The highest BCUT2D eigenvalue weighted by atomic mass is 35.5. The van der Waals surface area contributed by atoms with Crippen LogP contribution in [0.1, 0.15) is 125 Å². The summed E-state index contributed by atoms with van der Waals surface area (Å²) in [6, 6.07) is 28.0. The molecule has 0 saturated heterocycles. The van der Waals surface area contributed by atoms with Crippen molar-refractivity contribution >= 4 is 55.0 Å². The third-order valence-electron chi connectivity index (χ3n) is 15.2. The van der Waals surface area contributed by atoms with Gasteiger partial charge in [-0.05, 0) is 116 Å². The van der Waals surface area contributed by atoms with Crippen molar-refractivity contribution in [2.24, 2.45) is 5.92 Å². The van der Waals surface area contributed by atoms with Crippen LogP contribution in [0.15, 0.2) is 120 Å². The highest BCUT2D eigenvalue weighted by Crippen LogP contribution is 2.33. The number of aliphatic hydroxyl groups excluding tert-OH is 2. The number of benzene rings is 4. The van der Waals surface area contributed by atoms with E-state index in [1.807, 2.05) is 66.7 Å². The number of nitrogens with zero attached hydrogens (tertiary/aromatic N) is 6. The SMILES string of the molecule is CC[C@@H]1CCCC[C@H]1NC.COc1ccc(Cc2cc3c(=O)n([C@H]4CCCC[C@@H]4O)cnc3c3ccccc23)cn1.O=c1c2cc(Cc3ccc(Cl)nc3)c3ccccc3c2ncn1[C@H]1CCCC[C@@H]1O. The molecule has 11 rings (SSSR count). The number of rotatable bonds is 9. The summed E-state index contributed by atoms with van der Waals surface area (Å²) in [4.78, 5) is 44.8. The average Bonchev–Trinajstić information content (AvgIpc) is 3.41. The number of fused-ring (bicyclic) bond motifs is 6. The Bertz CT molecular complexity index is 3200. The van der Waals surface area contributed by atoms with Crippen LogP contribution in [0.25, 0.3) is 43.4 Å². The largest absolute Gasteiger partial charge is 0.481 e. The highest BCUT2D eigenvalue weighted by Gasteiger charge is 2.28. The first-order valence-corrected chi connectivity index (χ1v) is 26.0. The van der Waals surface area contributed by atoms with Gasteiger partial charge in [-0.3, -0.25) is 18.7 Å². The van der Waals surface area contributed by atoms with Crippen LogP contribution in [-0.4, -0.2) is 71.7 Å². The van der Waals surface area contributed by atoms with E-state index < -0.39 is 12.2 Å². The quantitative estimate of drug-likeness (QED) is 0.0939. The number of aliphatic hydroxyl groups is 2. The summed E-state index contributed by atoms with van der Waals surface area (Å²) < 4.78 is 8.43. The fraction of sp³-hybridized carbons (Fsp3) is 0.414. The maximum atomic E-state index is 13.5. The standard InChI is InChI=1S/C25H25N3O3.C24H22ClN3O2.C9H19N/c1-31-23-11-10-16(14-26-23)12-17-13-20-24(19-7-3-2-6-18(17)19)27-15-28(25(20)30)21-8-4-5-9-22(21)29;25-22-10-9-15(13-26-22)11-16-12-19-23(18-6-2-1-5-17(16)18)27-14-28(24(19)30)20-7-3-4-8-21(20)29;1-3-8-6-4-5-7-9(8)10-2/h2-3,6-7,10-11,13-15,21-22,29H,4-5,8-9,12H2,1H3;1-2,5-6,9-10,12-14,20-21,29H,3-4,7-8,11H2;8-10H,3-7H2,1-2H3/t21-,22-;20-,21-;8-,9-/m001/s1. The highest BCUT2D eigenvalue weighted by molar-refractivity contribution is 6.29. The van der Waals surface area contributed by atoms with E-state index in [4.69, 9.17) is 16.3 Å². The van der Waals surface area contributed by atoms with Crippen molar-refractivity contribution in [2.45, 2.75) is 134 Å². The van der Waals surface area contributed by atoms with E-state index in [-0.39, 0.29) is 23.2 Å². The lowest BCUT2D eigenvalue weighted by Gasteiger charge is -2.30. The van der Waals surface area contributed by atoms with Gasteiger partial charge in [-0.2, -0.15) is 0 Å². The summed E-state index contributed by atoms with van der Waals surface area (Å²) in [6.07, 6.45) is 21.2. The smallest absolute Gasteiger partial charge is 0.261 e. The molecule has 13 heteroatoms. The van der Waals surface area contributed by atoms with E-state index in [1.165, 1.54) is 32.1 Å². The molecule has 0 radical (unpaired) electrons. The van der Waals surface area contributed by atoms with Crippen molar-refractivity contribution in [1.29, 1.82) is 0 Å². The molecule has 12 nitrogen and oxygen atoms in total. The zero-order chi connectivity index (χ0) is 49.4. The number of hydrogen-bond acceptors (Lipinski definition) is 10. The predicted molar refractivity (Wildman–Crippen MR) is 285 cm³/mol. The Morgan fingerprint density at radius 1 is 0.606 bits per heavy atom. The second kappa shape index (κ2) is 23.0. The van der Waals surface area contributed by atoms with Crippen LogP contribution in [-0.2, 0) is 12.8 Å². The van der Waals surface area contributed by atoms with Crippen LogP contribution in [0.4, 0.5) is 0 Å². The van der Waals surface area contributed by atoms with E-state index in [1.54, 1.807) is 47.4 Å². The predicted octanol–water partition coefficient (Wildman–Crippen LogP) is 10.9. The van der Waals surface area contributed by atoms with E-state index >= 15 is 0 Å². The average molecular weight is 977 g/mol. The molecule has 370 valence electrons. The molecule has 4 aromatic carbocycles. The lowest BCUT2D eigenvalue weighted by Crippen LogP contribution is -2.35. The molecule has 4 heterocycles.